The average Bonchev–Trinajstić information content (AvgIpc) is 3.04. The zero-order chi connectivity index (χ0) is 20.5. The molecule has 0 atom stereocenters. The monoisotopic (exact) mass is 384 g/mol. The molecule has 0 aliphatic rings. The third kappa shape index (κ3) is 3.63. The fourth-order valence-corrected chi connectivity index (χ4v) is 3.49. The molecule has 2 aromatic heterocycles. The summed E-state index contributed by atoms with van der Waals surface area (Å²) < 4.78 is 1.80. The van der Waals surface area contributed by atoms with Crippen molar-refractivity contribution in [3.05, 3.63) is 83.2 Å². The van der Waals surface area contributed by atoms with Crippen LogP contribution in [0.25, 0.3) is 16.7 Å². The first-order valence-corrected chi connectivity index (χ1v) is 9.77. The Balaban J connectivity index is 1.75. The van der Waals surface area contributed by atoms with E-state index >= 15 is 0 Å². The zero-order valence-corrected chi connectivity index (χ0v) is 17.1. The zero-order valence-electron chi connectivity index (χ0n) is 17.1. The lowest BCUT2D eigenvalue weighted by Crippen LogP contribution is -2.13. The molecule has 0 fully saturated rings. The number of aryl methyl sites for hydroxylation is 2. The van der Waals surface area contributed by atoms with Crippen molar-refractivity contribution in [1.29, 1.82) is 0 Å². The molecule has 0 saturated carbocycles. The summed E-state index contributed by atoms with van der Waals surface area (Å²) in [7, 11) is 0. The van der Waals surface area contributed by atoms with Gasteiger partial charge in [-0.3, -0.25) is 4.79 Å². The highest BCUT2D eigenvalue weighted by molar-refractivity contribution is 6.12. The Hall–Kier alpha value is -3.47. The molecule has 0 unspecified atom stereocenters. The molecule has 2 heterocycles. The van der Waals surface area contributed by atoms with Gasteiger partial charge in [0.2, 0.25) is 0 Å². The van der Waals surface area contributed by atoms with E-state index in [1.54, 1.807) is 4.68 Å². The molecule has 0 spiro atoms. The smallest absolute Gasteiger partial charge is 0.256 e. The number of nitrogens with zero attached hydrogens (tertiary/aromatic N) is 3. The van der Waals surface area contributed by atoms with Gasteiger partial charge in [-0.05, 0) is 55.7 Å². The van der Waals surface area contributed by atoms with Gasteiger partial charge in [-0.2, -0.15) is 5.10 Å². The number of amides is 1. The minimum atomic E-state index is -0.159. The van der Waals surface area contributed by atoms with Crippen molar-refractivity contribution in [2.24, 2.45) is 0 Å². The van der Waals surface area contributed by atoms with Crippen LogP contribution in [0.1, 0.15) is 47.1 Å². The van der Waals surface area contributed by atoms with Gasteiger partial charge in [0.25, 0.3) is 5.91 Å². The lowest BCUT2D eigenvalue weighted by atomic mass is 10.0. The molecular formula is C24H24N4O. The van der Waals surface area contributed by atoms with E-state index in [2.05, 4.69) is 29.2 Å². The Morgan fingerprint density at radius 3 is 2.34 bits per heavy atom. The summed E-state index contributed by atoms with van der Waals surface area (Å²) in [5.74, 6) is 0.294. The molecule has 0 bridgehead atoms. The number of benzene rings is 2. The first-order chi connectivity index (χ1) is 13.9. The fraction of sp³-hybridized carbons (Fsp3) is 0.208. The van der Waals surface area contributed by atoms with Crippen molar-refractivity contribution in [3.63, 3.8) is 0 Å². The Bertz CT molecular complexity index is 1180. The molecule has 5 heteroatoms. The van der Waals surface area contributed by atoms with Crippen LogP contribution in [0.4, 0.5) is 5.69 Å². The third-order valence-electron chi connectivity index (χ3n) is 5.02. The number of carbonyl (C=O) groups excluding carboxylic acids is 1. The van der Waals surface area contributed by atoms with Crippen LogP contribution >= 0.6 is 0 Å². The van der Waals surface area contributed by atoms with Crippen molar-refractivity contribution < 1.29 is 4.79 Å². The first-order valence-electron chi connectivity index (χ1n) is 9.77. The van der Waals surface area contributed by atoms with E-state index < -0.39 is 0 Å². The Kier molecular flexibility index (Phi) is 4.89. The molecule has 29 heavy (non-hydrogen) atoms. The lowest BCUT2D eigenvalue weighted by Gasteiger charge is -2.10. The normalized spacial score (nSPS) is 11.2. The van der Waals surface area contributed by atoms with Crippen molar-refractivity contribution in [3.8, 4) is 5.69 Å². The van der Waals surface area contributed by atoms with Crippen molar-refractivity contribution in [2.75, 3.05) is 5.32 Å². The molecule has 4 rings (SSSR count). The second kappa shape index (κ2) is 7.51. The molecule has 4 aromatic rings. The SMILES string of the molecule is Cc1cc(C(=O)Nc2ccc(C(C)C)cc2)c2c(C)nn(-c3ccccc3)c2n1. The van der Waals surface area contributed by atoms with E-state index in [1.807, 2.05) is 74.5 Å². The molecule has 0 aliphatic heterocycles. The van der Waals surface area contributed by atoms with Gasteiger partial charge < -0.3 is 5.32 Å². The molecule has 2 aromatic carbocycles. The number of hydrogen-bond acceptors (Lipinski definition) is 3. The number of aromatic nitrogens is 3. The van der Waals surface area contributed by atoms with Crippen LogP contribution in [-0.2, 0) is 0 Å². The van der Waals surface area contributed by atoms with Crippen molar-refractivity contribution >= 4 is 22.6 Å². The minimum Gasteiger partial charge on any atom is -0.322 e. The third-order valence-corrected chi connectivity index (χ3v) is 5.02. The molecular weight excluding hydrogens is 360 g/mol. The Morgan fingerprint density at radius 2 is 1.69 bits per heavy atom. The molecule has 0 radical (unpaired) electrons. The summed E-state index contributed by atoms with van der Waals surface area (Å²) in [5.41, 5.74) is 5.75. The minimum absolute atomic E-state index is 0.159. The number of hydrogen-bond donors (Lipinski definition) is 1. The summed E-state index contributed by atoms with van der Waals surface area (Å²) in [5, 5.41) is 8.45. The standard InChI is InChI=1S/C24H24N4O/c1-15(2)18-10-12-19(13-11-18)26-24(29)21-14-16(3)25-23-22(21)17(4)27-28(23)20-8-6-5-7-9-20/h5-15H,1-4H3,(H,26,29). The van der Waals surface area contributed by atoms with Crippen LogP contribution in [0.5, 0.6) is 0 Å². The summed E-state index contributed by atoms with van der Waals surface area (Å²) in [6.45, 7) is 8.10. The van der Waals surface area contributed by atoms with Crippen molar-refractivity contribution in [1.82, 2.24) is 14.8 Å². The fourth-order valence-electron chi connectivity index (χ4n) is 3.49. The van der Waals surface area contributed by atoms with Gasteiger partial charge in [-0.15, -0.1) is 0 Å². The summed E-state index contributed by atoms with van der Waals surface area (Å²) in [4.78, 5) is 17.8. The van der Waals surface area contributed by atoms with E-state index in [0.29, 0.717) is 17.1 Å². The molecule has 1 N–H and O–H groups in total. The number of pyridine rings is 1. The van der Waals surface area contributed by atoms with Gasteiger partial charge in [0.15, 0.2) is 5.65 Å². The Labute approximate surface area is 170 Å². The predicted octanol–water partition coefficient (Wildman–Crippen LogP) is 5.41. The van der Waals surface area contributed by atoms with Gasteiger partial charge in [-0.25, -0.2) is 9.67 Å². The van der Waals surface area contributed by atoms with Gasteiger partial charge >= 0.3 is 0 Å². The second-order valence-corrected chi connectivity index (χ2v) is 7.57. The molecule has 1 amide bonds. The van der Waals surface area contributed by atoms with Gasteiger partial charge in [0.1, 0.15) is 0 Å². The number of anilines is 1. The average molecular weight is 384 g/mol. The second-order valence-electron chi connectivity index (χ2n) is 7.57. The maximum Gasteiger partial charge on any atom is 0.256 e. The summed E-state index contributed by atoms with van der Waals surface area (Å²) in [6.07, 6.45) is 0. The topological polar surface area (TPSA) is 59.8 Å². The number of nitrogens with one attached hydrogen (secondary N) is 1. The quantitative estimate of drug-likeness (QED) is 0.511. The van der Waals surface area contributed by atoms with E-state index in [0.717, 1.165) is 28.1 Å². The van der Waals surface area contributed by atoms with E-state index in [9.17, 15) is 4.79 Å². The first kappa shape index (κ1) is 18.9. The van der Waals surface area contributed by atoms with Crippen LogP contribution in [0.2, 0.25) is 0 Å². The number of rotatable bonds is 4. The number of para-hydroxylation sites is 1. The van der Waals surface area contributed by atoms with Gasteiger partial charge in [-0.1, -0.05) is 44.2 Å². The van der Waals surface area contributed by atoms with E-state index in [-0.39, 0.29) is 5.91 Å². The van der Waals surface area contributed by atoms with Crippen LogP contribution < -0.4 is 5.32 Å². The van der Waals surface area contributed by atoms with E-state index in [4.69, 9.17) is 0 Å². The maximum atomic E-state index is 13.1. The highest BCUT2D eigenvalue weighted by atomic mass is 16.1. The van der Waals surface area contributed by atoms with Crippen LogP contribution in [0.3, 0.4) is 0 Å². The van der Waals surface area contributed by atoms with Gasteiger partial charge in [0.05, 0.1) is 22.3 Å². The van der Waals surface area contributed by atoms with Crippen LogP contribution in [0.15, 0.2) is 60.7 Å². The molecule has 0 saturated heterocycles. The largest absolute Gasteiger partial charge is 0.322 e. The van der Waals surface area contributed by atoms with Crippen LogP contribution in [0, 0.1) is 13.8 Å². The molecule has 146 valence electrons. The summed E-state index contributed by atoms with van der Waals surface area (Å²) in [6, 6.07) is 19.6. The maximum absolute atomic E-state index is 13.1. The molecule has 0 aliphatic carbocycles. The number of fused-ring (bicyclic) bond motifs is 1. The van der Waals surface area contributed by atoms with Crippen molar-refractivity contribution in [2.45, 2.75) is 33.6 Å². The predicted molar refractivity (Wildman–Crippen MR) is 117 cm³/mol. The van der Waals surface area contributed by atoms with Crippen LogP contribution in [-0.4, -0.2) is 20.7 Å². The highest BCUT2D eigenvalue weighted by Gasteiger charge is 2.19. The number of carbonyl (C=O) groups is 1. The highest BCUT2D eigenvalue weighted by Crippen LogP contribution is 2.26. The Morgan fingerprint density at radius 1 is 1.00 bits per heavy atom. The van der Waals surface area contributed by atoms with E-state index in [1.165, 1.54) is 5.56 Å². The summed E-state index contributed by atoms with van der Waals surface area (Å²) >= 11 is 0. The lowest BCUT2D eigenvalue weighted by molar-refractivity contribution is 0.102. The van der Waals surface area contributed by atoms with Gasteiger partial charge in [0, 0.05) is 11.4 Å². The molecule has 5 nitrogen and oxygen atoms in total.